The van der Waals surface area contributed by atoms with Gasteiger partial charge in [0.2, 0.25) is 0 Å². The summed E-state index contributed by atoms with van der Waals surface area (Å²) in [5.41, 5.74) is 1.87. The number of fused-ring (bicyclic) bond motifs is 1. The lowest BCUT2D eigenvalue weighted by molar-refractivity contribution is 0.0974. The zero-order chi connectivity index (χ0) is 21.2. The highest BCUT2D eigenvalue weighted by Crippen LogP contribution is 2.45. The fourth-order valence-corrected chi connectivity index (χ4v) is 5.24. The van der Waals surface area contributed by atoms with E-state index in [2.05, 4.69) is 37.5 Å². The Kier molecular flexibility index (Phi) is 6.35. The third-order valence-corrected chi connectivity index (χ3v) is 7.34. The van der Waals surface area contributed by atoms with E-state index in [4.69, 9.17) is 12.2 Å². The first-order valence-corrected chi connectivity index (χ1v) is 10.9. The minimum atomic E-state index is -0.620. The maximum atomic E-state index is 13.8. The molecular weight excluding hydrogens is 405 g/mol. The van der Waals surface area contributed by atoms with Crippen LogP contribution in [0.2, 0.25) is 0 Å². The highest BCUT2D eigenvalue weighted by atomic mass is 32.1. The molecule has 1 aromatic heterocycles. The number of carbonyl (C=O) groups is 1. The van der Waals surface area contributed by atoms with E-state index in [0.29, 0.717) is 16.5 Å². The van der Waals surface area contributed by atoms with Crippen LogP contribution in [0.15, 0.2) is 24.3 Å². The average molecular weight is 430 g/mol. The van der Waals surface area contributed by atoms with Gasteiger partial charge in [-0.2, -0.15) is 5.26 Å². The van der Waals surface area contributed by atoms with Gasteiger partial charge in [-0.25, -0.2) is 4.39 Å². The van der Waals surface area contributed by atoms with Crippen LogP contribution in [-0.4, -0.2) is 11.0 Å². The van der Waals surface area contributed by atoms with Gasteiger partial charge in [-0.1, -0.05) is 39.3 Å². The molecule has 152 valence electrons. The number of benzene rings is 1. The smallest absolute Gasteiger partial charge is 0.260 e. The third kappa shape index (κ3) is 4.49. The maximum Gasteiger partial charge on any atom is 0.260 e. The summed E-state index contributed by atoms with van der Waals surface area (Å²) in [5.74, 6) is -0.655. The molecule has 29 heavy (non-hydrogen) atoms. The molecule has 2 aromatic rings. The van der Waals surface area contributed by atoms with E-state index >= 15 is 0 Å². The molecule has 1 unspecified atom stereocenters. The van der Waals surface area contributed by atoms with Crippen LogP contribution in [0.25, 0.3) is 0 Å². The van der Waals surface area contributed by atoms with Crippen LogP contribution in [0.5, 0.6) is 0 Å². The number of thiophene rings is 1. The van der Waals surface area contributed by atoms with Crippen molar-refractivity contribution in [3.63, 3.8) is 0 Å². The predicted molar refractivity (Wildman–Crippen MR) is 119 cm³/mol. The Balaban J connectivity index is 1.75. The number of rotatable bonds is 4. The summed E-state index contributed by atoms with van der Waals surface area (Å²) < 4.78 is 13.8. The molecule has 0 spiro atoms. The monoisotopic (exact) mass is 429 g/mol. The van der Waals surface area contributed by atoms with E-state index in [9.17, 15) is 14.4 Å². The summed E-state index contributed by atoms with van der Waals surface area (Å²) in [6.45, 7) is 6.82. The first-order chi connectivity index (χ1) is 13.8. The predicted octanol–water partition coefficient (Wildman–Crippen LogP) is 5.43. The average Bonchev–Trinajstić information content (AvgIpc) is 3.03. The SMILES string of the molecule is CCC(C)(C)C1CCc2c(sc(NC(=S)NC(=O)c3ccccc3F)c2C#N)C1. The van der Waals surface area contributed by atoms with Crippen LogP contribution in [0.3, 0.4) is 0 Å². The summed E-state index contributed by atoms with van der Waals surface area (Å²) in [4.78, 5) is 13.5. The van der Waals surface area contributed by atoms with Gasteiger partial charge >= 0.3 is 0 Å². The van der Waals surface area contributed by atoms with Crippen LogP contribution in [0.1, 0.15) is 60.0 Å². The molecule has 1 amide bonds. The van der Waals surface area contributed by atoms with Gasteiger partial charge in [0.1, 0.15) is 16.9 Å². The molecule has 1 aliphatic rings. The van der Waals surface area contributed by atoms with E-state index in [1.54, 1.807) is 6.07 Å². The Hall–Kier alpha value is -2.30. The molecule has 0 aliphatic heterocycles. The number of nitriles is 1. The molecule has 1 aliphatic carbocycles. The van der Waals surface area contributed by atoms with E-state index < -0.39 is 11.7 Å². The summed E-state index contributed by atoms with van der Waals surface area (Å²) in [6, 6.07) is 8.01. The number of nitrogens with one attached hydrogen (secondary N) is 2. The highest BCUT2D eigenvalue weighted by molar-refractivity contribution is 7.80. The summed E-state index contributed by atoms with van der Waals surface area (Å²) >= 11 is 6.76. The number of hydrogen-bond donors (Lipinski definition) is 2. The lowest BCUT2D eigenvalue weighted by Crippen LogP contribution is -2.34. The minimum Gasteiger partial charge on any atom is -0.323 e. The van der Waals surface area contributed by atoms with E-state index in [-0.39, 0.29) is 16.1 Å². The van der Waals surface area contributed by atoms with Crippen molar-refractivity contribution in [1.29, 1.82) is 5.26 Å². The zero-order valence-corrected chi connectivity index (χ0v) is 18.4. The maximum absolute atomic E-state index is 13.8. The highest BCUT2D eigenvalue weighted by Gasteiger charge is 2.34. The number of anilines is 1. The lowest BCUT2D eigenvalue weighted by atomic mass is 9.69. The molecule has 1 heterocycles. The van der Waals surface area contributed by atoms with Gasteiger partial charge in [-0.15, -0.1) is 11.3 Å². The van der Waals surface area contributed by atoms with Gasteiger partial charge in [0.25, 0.3) is 5.91 Å². The summed E-state index contributed by atoms with van der Waals surface area (Å²) in [7, 11) is 0. The van der Waals surface area contributed by atoms with Crippen molar-refractivity contribution >= 4 is 39.6 Å². The van der Waals surface area contributed by atoms with E-state index in [1.807, 2.05) is 0 Å². The van der Waals surface area contributed by atoms with Crippen LogP contribution in [0, 0.1) is 28.5 Å². The van der Waals surface area contributed by atoms with Crippen molar-refractivity contribution < 1.29 is 9.18 Å². The Morgan fingerprint density at radius 2 is 2.14 bits per heavy atom. The first kappa shape index (κ1) is 21.4. The van der Waals surface area contributed by atoms with Gasteiger partial charge < -0.3 is 5.32 Å². The van der Waals surface area contributed by atoms with Gasteiger partial charge in [0, 0.05) is 4.88 Å². The molecule has 3 rings (SSSR count). The normalized spacial score (nSPS) is 15.9. The zero-order valence-electron chi connectivity index (χ0n) is 16.8. The Labute approximate surface area is 180 Å². The van der Waals surface area contributed by atoms with Crippen LogP contribution in [-0.2, 0) is 12.8 Å². The molecule has 4 nitrogen and oxygen atoms in total. The Morgan fingerprint density at radius 3 is 2.79 bits per heavy atom. The third-order valence-electron chi connectivity index (χ3n) is 5.97. The number of carbonyl (C=O) groups excluding carboxylic acids is 1. The molecule has 7 heteroatoms. The fraction of sp³-hybridized carbons (Fsp3) is 0.409. The van der Waals surface area contributed by atoms with Crippen molar-refractivity contribution in [1.82, 2.24) is 5.32 Å². The number of hydrogen-bond acceptors (Lipinski definition) is 4. The van der Waals surface area contributed by atoms with Gasteiger partial charge in [-0.3, -0.25) is 10.1 Å². The van der Waals surface area contributed by atoms with Gasteiger partial charge in [0.05, 0.1) is 11.1 Å². The summed E-state index contributed by atoms with van der Waals surface area (Å²) in [5, 5.41) is 15.9. The van der Waals surface area contributed by atoms with Gasteiger partial charge in [-0.05, 0) is 60.5 Å². The summed E-state index contributed by atoms with van der Waals surface area (Å²) in [6.07, 6.45) is 4.00. The second kappa shape index (κ2) is 8.60. The number of halogens is 1. The molecule has 0 fully saturated rings. The number of amides is 1. The molecule has 0 saturated carbocycles. The van der Waals surface area contributed by atoms with Crippen molar-refractivity contribution in [2.24, 2.45) is 11.3 Å². The standard InChI is InChI=1S/C22H24FN3OS2/c1-4-22(2,3)13-9-10-14-16(12-24)20(29-18(14)11-13)26-21(28)25-19(27)15-7-5-6-8-17(15)23/h5-8,13H,4,9-11H2,1-3H3,(H2,25,26,27,28). The largest absolute Gasteiger partial charge is 0.323 e. The molecule has 2 N–H and O–H groups in total. The van der Waals surface area contributed by atoms with Crippen LogP contribution >= 0.6 is 23.6 Å². The lowest BCUT2D eigenvalue weighted by Gasteiger charge is -2.36. The quantitative estimate of drug-likeness (QED) is 0.637. The van der Waals surface area contributed by atoms with Crippen molar-refractivity contribution in [2.45, 2.75) is 46.5 Å². The van der Waals surface area contributed by atoms with Crippen molar-refractivity contribution in [3.8, 4) is 6.07 Å². The molecule has 0 radical (unpaired) electrons. The van der Waals surface area contributed by atoms with Gasteiger partial charge in [0.15, 0.2) is 5.11 Å². The van der Waals surface area contributed by atoms with E-state index in [0.717, 1.165) is 31.2 Å². The Morgan fingerprint density at radius 1 is 1.41 bits per heavy atom. The van der Waals surface area contributed by atoms with E-state index in [1.165, 1.54) is 34.4 Å². The molecular formula is C22H24FN3OS2. The molecule has 1 atom stereocenters. The second-order valence-corrected chi connectivity index (χ2v) is 9.50. The van der Waals surface area contributed by atoms with Crippen molar-refractivity contribution in [2.75, 3.05) is 5.32 Å². The van der Waals surface area contributed by atoms with Crippen molar-refractivity contribution in [3.05, 3.63) is 51.7 Å². The van der Waals surface area contributed by atoms with Crippen LogP contribution < -0.4 is 10.6 Å². The minimum absolute atomic E-state index is 0.0544. The molecule has 0 saturated heterocycles. The first-order valence-electron chi connectivity index (χ1n) is 9.68. The second-order valence-electron chi connectivity index (χ2n) is 7.99. The topological polar surface area (TPSA) is 64.9 Å². The van der Waals surface area contributed by atoms with Crippen LogP contribution in [0.4, 0.5) is 9.39 Å². The number of nitrogens with zero attached hydrogens (tertiary/aromatic N) is 1. The Bertz CT molecular complexity index is 990. The fourth-order valence-electron chi connectivity index (χ4n) is 3.70. The number of thiocarbonyl (C=S) groups is 1. The molecule has 1 aromatic carbocycles. The molecule has 0 bridgehead atoms.